The Hall–Kier alpha value is -1.29. The zero-order valence-corrected chi connectivity index (χ0v) is 7.26. The Morgan fingerprint density at radius 2 is 1.75 bits per heavy atom. The van der Waals surface area contributed by atoms with Gasteiger partial charge in [0.25, 0.3) is 0 Å². The van der Waals surface area contributed by atoms with E-state index in [2.05, 4.69) is 5.92 Å². The van der Waals surface area contributed by atoms with Crippen LogP contribution in [0.1, 0.15) is 25.0 Å². The van der Waals surface area contributed by atoms with Crippen LogP contribution in [0.25, 0.3) is 0 Å². The zero-order valence-electron chi connectivity index (χ0n) is 7.26. The molecule has 0 aliphatic heterocycles. The lowest BCUT2D eigenvalue weighted by atomic mass is 9.99. The van der Waals surface area contributed by atoms with Gasteiger partial charge in [-0.2, -0.15) is 0 Å². The minimum atomic E-state index is -1.28. The number of rotatable bonds is 1. The average Bonchev–Trinajstić information content (AvgIpc) is 2.03. The molecule has 62 valence electrons. The molecule has 1 aromatic rings. The number of terminal acetylenes is 1. The van der Waals surface area contributed by atoms with Gasteiger partial charge in [0.1, 0.15) is 5.67 Å². The predicted octanol–water partition coefficient (Wildman–Crippen LogP) is 2.87. The third-order valence-electron chi connectivity index (χ3n) is 1.74. The second-order valence-corrected chi connectivity index (χ2v) is 3.19. The van der Waals surface area contributed by atoms with Crippen molar-refractivity contribution in [2.24, 2.45) is 0 Å². The number of hydrogen-bond acceptors (Lipinski definition) is 0. The van der Waals surface area contributed by atoms with Crippen molar-refractivity contribution >= 4 is 0 Å². The highest BCUT2D eigenvalue weighted by Crippen LogP contribution is 2.24. The molecule has 0 nitrogen and oxygen atoms in total. The van der Waals surface area contributed by atoms with Crippen LogP contribution in [-0.2, 0) is 5.67 Å². The molecule has 0 N–H and O–H groups in total. The smallest absolute Gasteiger partial charge is 0.130 e. The molecule has 1 aromatic carbocycles. The van der Waals surface area contributed by atoms with Crippen molar-refractivity contribution in [1.29, 1.82) is 0 Å². The topological polar surface area (TPSA) is 0 Å². The lowest BCUT2D eigenvalue weighted by molar-refractivity contribution is 0.221. The van der Waals surface area contributed by atoms with Crippen LogP contribution in [0, 0.1) is 12.3 Å². The summed E-state index contributed by atoms with van der Waals surface area (Å²) in [5.74, 6) is 2.48. The monoisotopic (exact) mass is 162 g/mol. The van der Waals surface area contributed by atoms with Crippen LogP contribution in [0.3, 0.4) is 0 Å². The predicted molar refractivity (Wildman–Crippen MR) is 48.5 cm³/mol. The molecule has 0 unspecified atom stereocenters. The summed E-state index contributed by atoms with van der Waals surface area (Å²) in [6.07, 6.45) is 5.17. The summed E-state index contributed by atoms with van der Waals surface area (Å²) in [6.45, 7) is 3.05. The summed E-state index contributed by atoms with van der Waals surface area (Å²) < 4.78 is 13.3. The highest BCUT2D eigenvalue weighted by atomic mass is 19.1. The number of halogens is 1. The van der Waals surface area contributed by atoms with E-state index in [4.69, 9.17) is 6.42 Å². The largest absolute Gasteiger partial charge is 0.239 e. The molecule has 12 heavy (non-hydrogen) atoms. The molecule has 0 atom stereocenters. The van der Waals surface area contributed by atoms with Crippen molar-refractivity contribution in [3.8, 4) is 12.3 Å². The molecule has 0 aliphatic rings. The summed E-state index contributed by atoms with van der Waals surface area (Å²) in [4.78, 5) is 0. The second-order valence-electron chi connectivity index (χ2n) is 3.19. The lowest BCUT2D eigenvalue weighted by Gasteiger charge is -2.13. The molecule has 0 radical (unpaired) electrons. The second kappa shape index (κ2) is 2.98. The van der Waals surface area contributed by atoms with Crippen molar-refractivity contribution in [1.82, 2.24) is 0 Å². The van der Waals surface area contributed by atoms with Gasteiger partial charge in [-0.05, 0) is 31.5 Å². The third-order valence-corrected chi connectivity index (χ3v) is 1.74. The van der Waals surface area contributed by atoms with E-state index in [0.29, 0.717) is 5.56 Å². The summed E-state index contributed by atoms with van der Waals surface area (Å²) in [7, 11) is 0. The van der Waals surface area contributed by atoms with Crippen molar-refractivity contribution in [3.05, 3.63) is 35.4 Å². The summed E-state index contributed by atoms with van der Waals surface area (Å²) in [6, 6.07) is 6.93. The number of hydrogen-bond donors (Lipinski definition) is 0. The standard InChI is InChI=1S/C11H11F/c1-4-9-5-7-10(8-6-9)11(2,3)12/h1,5-8H,2-3H3. The first-order valence-electron chi connectivity index (χ1n) is 3.80. The highest BCUT2D eigenvalue weighted by Gasteiger charge is 2.17. The molecular weight excluding hydrogens is 151 g/mol. The van der Waals surface area contributed by atoms with Gasteiger partial charge in [-0.25, -0.2) is 4.39 Å². The van der Waals surface area contributed by atoms with E-state index in [0.717, 1.165) is 5.56 Å². The summed E-state index contributed by atoms with van der Waals surface area (Å²) >= 11 is 0. The minimum Gasteiger partial charge on any atom is -0.239 e. The van der Waals surface area contributed by atoms with Gasteiger partial charge in [0, 0.05) is 5.56 Å². The van der Waals surface area contributed by atoms with E-state index in [1.54, 1.807) is 24.3 Å². The fourth-order valence-corrected chi connectivity index (χ4v) is 0.963. The molecule has 0 saturated carbocycles. The Morgan fingerprint density at radius 1 is 1.25 bits per heavy atom. The van der Waals surface area contributed by atoms with Gasteiger partial charge in [-0.15, -0.1) is 6.42 Å². The Labute approximate surface area is 72.4 Å². The Bertz CT molecular complexity index is 295. The maximum atomic E-state index is 13.3. The summed E-state index contributed by atoms with van der Waals surface area (Å²) in [5, 5.41) is 0. The zero-order chi connectivity index (χ0) is 9.19. The van der Waals surface area contributed by atoms with Crippen molar-refractivity contribution < 1.29 is 4.39 Å². The molecule has 0 heterocycles. The molecule has 0 aliphatic carbocycles. The SMILES string of the molecule is C#Cc1ccc(C(C)(C)F)cc1. The molecule has 1 rings (SSSR count). The van der Waals surface area contributed by atoms with Gasteiger partial charge in [0.2, 0.25) is 0 Å². The van der Waals surface area contributed by atoms with Crippen LogP contribution in [-0.4, -0.2) is 0 Å². The molecule has 0 amide bonds. The number of benzene rings is 1. The molecule has 0 saturated heterocycles. The van der Waals surface area contributed by atoms with Gasteiger partial charge in [-0.3, -0.25) is 0 Å². The van der Waals surface area contributed by atoms with Crippen LogP contribution < -0.4 is 0 Å². The van der Waals surface area contributed by atoms with Crippen LogP contribution in [0.2, 0.25) is 0 Å². The minimum absolute atomic E-state index is 0.654. The van der Waals surface area contributed by atoms with Crippen molar-refractivity contribution in [2.45, 2.75) is 19.5 Å². The maximum Gasteiger partial charge on any atom is 0.130 e. The van der Waals surface area contributed by atoms with E-state index in [9.17, 15) is 4.39 Å². The molecule has 0 bridgehead atoms. The highest BCUT2D eigenvalue weighted by molar-refractivity contribution is 5.35. The van der Waals surface area contributed by atoms with Crippen molar-refractivity contribution in [2.75, 3.05) is 0 Å². The van der Waals surface area contributed by atoms with E-state index >= 15 is 0 Å². The quantitative estimate of drug-likeness (QED) is 0.557. The van der Waals surface area contributed by atoms with E-state index < -0.39 is 5.67 Å². The van der Waals surface area contributed by atoms with Gasteiger partial charge in [0.05, 0.1) is 0 Å². The third kappa shape index (κ3) is 1.85. The lowest BCUT2D eigenvalue weighted by Crippen LogP contribution is -2.08. The summed E-state index contributed by atoms with van der Waals surface area (Å²) in [5.41, 5.74) is 0.150. The van der Waals surface area contributed by atoms with Gasteiger partial charge in [0.15, 0.2) is 0 Å². The van der Waals surface area contributed by atoms with Gasteiger partial charge >= 0.3 is 0 Å². The van der Waals surface area contributed by atoms with E-state index in [1.807, 2.05) is 0 Å². The molecule has 0 aromatic heterocycles. The molecule has 1 heteroatoms. The van der Waals surface area contributed by atoms with Crippen LogP contribution in [0.5, 0.6) is 0 Å². The van der Waals surface area contributed by atoms with E-state index in [-0.39, 0.29) is 0 Å². The van der Waals surface area contributed by atoms with Crippen LogP contribution in [0.15, 0.2) is 24.3 Å². The van der Waals surface area contributed by atoms with Gasteiger partial charge < -0.3 is 0 Å². The molecule has 0 fully saturated rings. The molecular formula is C11H11F. The van der Waals surface area contributed by atoms with E-state index in [1.165, 1.54) is 13.8 Å². The van der Waals surface area contributed by atoms with Gasteiger partial charge in [-0.1, -0.05) is 18.1 Å². The Balaban J connectivity index is 3.02. The number of alkyl halides is 1. The fraction of sp³-hybridized carbons (Fsp3) is 0.273. The first-order chi connectivity index (χ1) is 5.54. The molecule has 0 spiro atoms. The first kappa shape index (κ1) is 8.80. The average molecular weight is 162 g/mol. The Kier molecular flexibility index (Phi) is 2.19. The van der Waals surface area contributed by atoms with Crippen LogP contribution >= 0.6 is 0 Å². The Morgan fingerprint density at radius 3 is 2.08 bits per heavy atom. The normalized spacial score (nSPS) is 10.8. The first-order valence-corrected chi connectivity index (χ1v) is 3.80. The van der Waals surface area contributed by atoms with Crippen LogP contribution in [0.4, 0.5) is 4.39 Å². The maximum absolute atomic E-state index is 13.3. The fourth-order valence-electron chi connectivity index (χ4n) is 0.963. The van der Waals surface area contributed by atoms with Crippen molar-refractivity contribution in [3.63, 3.8) is 0 Å².